The normalized spacial score (nSPS) is 33.8. The van der Waals surface area contributed by atoms with E-state index in [0.29, 0.717) is 5.25 Å². The molecule has 2 heterocycles. The minimum Gasteiger partial charge on any atom is -0.340 e. The second-order valence-electron chi connectivity index (χ2n) is 4.17. The van der Waals surface area contributed by atoms with Crippen molar-refractivity contribution < 1.29 is 4.79 Å². The summed E-state index contributed by atoms with van der Waals surface area (Å²) in [5.41, 5.74) is 5.68. The van der Waals surface area contributed by atoms with Gasteiger partial charge in [-0.25, -0.2) is 0 Å². The number of amides is 1. The van der Waals surface area contributed by atoms with Gasteiger partial charge < -0.3 is 10.6 Å². The zero-order chi connectivity index (χ0) is 9.97. The van der Waals surface area contributed by atoms with E-state index >= 15 is 0 Å². The second kappa shape index (κ2) is 4.53. The summed E-state index contributed by atoms with van der Waals surface area (Å²) in [4.78, 5) is 13.5. The molecule has 0 bridgehead atoms. The summed E-state index contributed by atoms with van der Waals surface area (Å²) in [5.74, 6) is 1.43. The van der Waals surface area contributed by atoms with Gasteiger partial charge >= 0.3 is 0 Å². The molecule has 2 aliphatic heterocycles. The fraction of sp³-hybridized carbons (Fsp3) is 0.900. The SMILES string of the molecule is NC1CCN(CC2CCCCS2)C1=O. The largest absolute Gasteiger partial charge is 0.340 e. The lowest BCUT2D eigenvalue weighted by Crippen LogP contribution is -2.38. The van der Waals surface area contributed by atoms with Crippen molar-refractivity contribution in [2.24, 2.45) is 5.73 Å². The third-order valence-corrected chi connectivity index (χ3v) is 4.42. The predicted octanol–water partition coefficient (Wildman–Crippen LogP) is 0.832. The van der Waals surface area contributed by atoms with Crippen LogP contribution in [0.25, 0.3) is 0 Å². The summed E-state index contributed by atoms with van der Waals surface area (Å²) in [6.45, 7) is 1.80. The van der Waals surface area contributed by atoms with Crippen molar-refractivity contribution in [1.29, 1.82) is 0 Å². The van der Waals surface area contributed by atoms with E-state index in [9.17, 15) is 4.79 Å². The molecule has 4 heteroatoms. The van der Waals surface area contributed by atoms with Gasteiger partial charge in [0.05, 0.1) is 6.04 Å². The molecule has 1 amide bonds. The van der Waals surface area contributed by atoms with Crippen LogP contribution in [0.4, 0.5) is 0 Å². The second-order valence-corrected chi connectivity index (χ2v) is 5.58. The summed E-state index contributed by atoms with van der Waals surface area (Å²) in [5, 5.41) is 0.665. The Morgan fingerprint density at radius 1 is 1.43 bits per heavy atom. The van der Waals surface area contributed by atoms with Crippen LogP contribution in [-0.2, 0) is 4.79 Å². The monoisotopic (exact) mass is 214 g/mol. The van der Waals surface area contributed by atoms with Gasteiger partial charge in [-0.05, 0) is 25.0 Å². The van der Waals surface area contributed by atoms with Crippen molar-refractivity contribution >= 4 is 17.7 Å². The maximum atomic E-state index is 11.6. The number of carbonyl (C=O) groups is 1. The summed E-state index contributed by atoms with van der Waals surface area (Å²) in [6, 6.07) is -0.219. The Balaban J connectivity index is 1.82. The Morgan fingerprint density at radius 2 is 2.29 bits per heavy atom. The Labute approximate surface area is 89.4 Å². The Hall–Kier alpha value is -0.220. The summed E-state index contributed by atoms with van der Waals surface area (Å²) in [6.07, 6.45) is 4.78. The molecule has 2 saturated heterocycles. The highest BCUT2D eigenvalue weighted by Crippen LogP contribution is 2.26. The molecule has 2 fully saturated rings. The Bertz CT molecular complexity index is 216. The minimum absolute atomic E-state index is 0.163. The highest BCUT2D eigenvalue weighted by atomic mass is 32.2. The maximum Gasteiger partial charge on any atom is 0.239 e. The first-order valence-corrected chi connectivity index (χ1v) is 6.48. The van der Waals surface area contributed by atoms with E-state index in [-0.39, 0.29) is 11.9 Å². The fourth-order valence-corrected chi connectivity index (χ4v) is 3.46. The van der Waals surface area contributed by atoms with E-state index in [4.69, 9.17) is 5.73 Å². The topological polar surface area (TPSA) is 46.3 Å². The van der Waals surface area contributed by atoms with Crippen LogP contribution in [0.15, 0.2) is 0 Å². The molecule has 3 nitrogen and oxygen atoms in total. The molecular weight excluding hydrogens is 196 g/mol. The van der Waals surface area contributed by atoms with E-state index in [1.165, 1.54) is 25.0 Å². The summed E-state index contributed by atoms with van der Waals surface area (Å²) < 4.78 is 0. The molecule has 0 spiro atoms. The van der Waals surface area contributed by atoms with Gasteiger partial charge in [0.1, 0.15) is 0 Å². The van der Waals surface area contributed by atoms with Crippen molar-refractivity contribution in [3.63, 3.8) is 0 Å². The summed E-state index contributed by atoms with van der Waals surface area (Å²) >= 11 is 2.02. The van der Waals surface area contributed by atoms with Gasteiger partial charge in [-0.2, -0.15) is 11.8 Å². The third-order valence-electron chi connectivity index (χ3n) is 3.04. The van der Waals surface area contributed by atoms with Crippen LogP contribution >= 0.6 is 11.8 Å². The van der Waals surface area contributed by atoms with Gasteiger partial charge in [-0.15, -0.1) is 0 Å². The molecule has 80 valence electrons. The van der Waals surface area contributed by atoms with Crippen molar-refractivity contribution in [2.45, 2.75) is 37.0 Å². The maximum absolute atomic E-state index is 11.6. The first kappa shape index (κ1) is 10.3. The minimum atomic E-state index is -0.219. The van der Waals surface area contributed by atoms with Gasteiger partial charge in [0.15, 0.2) is 0 Å². The Morgan fingerprint density at radius 3 is 2.86 bits per heavy atom. The van der Waals surface area contributed by atoms with E-state index in [1.807, 2.05) is 16.7 Å². The molecular formula is C10H18N2OS. The van der Waals surface area contributed by atoms with Crippen molar-refractivity contribution in [3.05, 3.63) is 0 Å². The van der Waals surface area contributed by atoms with Crippen molar-refractivity contribution in [1.82, 2.24) is 4.90 Å². The van der Waals surface area contributed by atoms with Crippen LogP contribution in [0.1, 0.15) is 25.7 Å². The smallest absolute Gasteiger partial charge is 0.239 e. The molecule has 2 unspecified atom stereocenters. The lowest BCUT2D eigenvalue weighted by atomic mass is 10.2. The summed E-state index contributed by atoms with van der Waals surface area (Å²) in [7, 11) is 0. The van der Waals surface area contributed by atoms with Crippen LogP contribution < -0.4 is 5.73 Å². The molecule has 0 aromatic heterocycles. The number of carbonyl (C=O) groups excluding carboxylic acids is 1. The zero-order valence-corrected chi connectivity index (χ0v) is 9.26. The van der Waals surface area contributed by atoms with Crippen LogP contribution in [0.5, 0.6) is 0 Å². The molecule has 0 radical (unpaired) electrons. The fourth-order valence-electron chi connectivity index (χ4n) is 2.14. The van der Waals surface area contributed by atoms with E-state index in [0.717, 1.165) is 19.5 Å². The number of hydrogen-bond donors (Lipinski definition) is 1. The standard InChI is InChI=1S/C10H18N2OS/c11-9-4-5-12(10(9)13)7-8-3-1-2-6-14-8/h8-9H,1-7,11H2. The predicted molar refractivity (Wildman–Crippen MR) is 59.3 cm³/mol. The highest BCUT2D eigenvalue weighted by Gasteiger charge is 2.30. The van der Waals surface area contributed by atoms with Crippen molar-refractivity contribution in [2.75, 3.05) is 18.8 Å². The molecule has 0 aromatic carbocycles. The highest BCUT2D eigenvalue weighted by molar-refractivity contribution is 7.99. The molecule has 2 N–H and O–H groups in total. The number of nitrogens with zero attached hydrogens (tertiary/aromatic N) is 1. The first-order chi connectivity index (χ1) is 6.77. The quantitative estimate of drug-likeness (QED) is 0.740. The number of thioether (sulfide) groups is 1. The molecule has 2 rings (SSSR count). The van der Waals surface area contributed by atoms with Gasteiger partial charge in [-0.3, -0.25) is 4.79 Å². The molecule has 14 heavy (non-hydrogen) atoms. The molecule has 2 aliphatic rings. The number of rotatable bonds is 2. The van der Waals surface area contributed by atoms with Crippen LogP contribution in [-0.4, -0.2) is 40.9 Å². The van der Waals surface area contributed by atoms with Gasteiger partial charge in [0.25, 0.3) is 0 Å². The van der Waals surface area contributed by atoms with E-state index < -0.39 is 0 Å². The zero-order valence-electron chi connectivity index (χ0n) is 8.45. The van der Waals surface area contributed by atoms with E-state index in [1.54, 1.807) is 0 Å². The number of hydrogen-bond acceptors (Lipinski definition) is 3. The molecule has 0 aliphatic carbocycles. The van der Waals surface area contributed by atoms with Crippen LogP contribution in [0.2, 0.25) is 0 Å². The average Bonchev–Trinajstić information content (AvgIpc) is 2.52. The van der Waals surface area contributed by atoms with Gasteiger partial charge in [0.2, 0.25) is 5.91 Å². The average molecular weight is 214 g/mol. The van der Waals surface area contributed by atoms with Gasteiger partial charge in [0, 0.05) is 18.3 Å². The molecule has 2 atom stereocenters. The van der Waals surface area contributed by atoms with Crippen molar-refractivity contribution in [3.8, 4) is 0 Å². The third kappa shape index (κ3) is 2.23. The lowest BCUT2D eigenvalue weighted by Gasteiger charge is -2.26. The molecule has 0 saturated carbocycles. The Kier molecular flexibility index (Phi) is 3.34. The molecule has 0 aromatic rings. The lowest BCUT2D eigenvalue weighted by molar-refractivity contribution is -0.128. The van der Waals surface area contributed by atoms with E-state index in [2.05, 4.69) is 0 Å². The number of nitrogens with two attached hydrogens (primary N) is 1. The first-order valence-electron chi connectivity index (χ1n) is 5.43. The number of likely N-dealkylation sites (tertiary alicyclic amines) is 1. The van der Waals surface area contributed by atoms with Gasteiger partial charge in [-0.1, -0.05) is 6.42 Å². The van der Waals surface area contributed by atoms with Crippen LogP contribution in [0, 0.1) is 0 Å². The van der Waals surface area contributed by atoms with Crippen LogP contribution in [0.3, 0.4) is 0 Å².